The Balaban J connectivity index is 2.32. The average Bonchev–Trinajstić information content (AvgIpc) is 2.52. The molecule has 1 aliphatic heterocycles. The molecular formula is C11H19F2NO3. The minimum absolute atomic E-state index is 0.143. The van der Waals surface area contributed by atoms with E-state index in [1.165, 1.54) is 0 Å². The molecule has 0 aliphatic carbocycles. The van der Waals surface area contributed by atoms with Crippen molar-refractivity contribution in [2.45, 2.75) is 50.7 Å². The summed E-state index contributed by atoms with van der Waals surface area (Å²) in [5.41, 5.74) is -0.828. The maximum absolute atomic E-state index is 12.8. The molecule has 0 spiro atoms. The number of cyclic esters (lactones) is 1. The van der Waals surface area contributed by atoms with Crippen LogP contribution in [0.4, 0.5) is 8.78 Å². The van der Waals surface area contributed by atoms with Crippen molar-refractivity contribution in [3.8, 4) is 0 Å². The molecule has 1 rings (SSSR count). The Labute approximate surface area is 99.3 Å². The Kier molecular flexibility index (Phi) is 4.43. The molecule has 1 heterocycles. The third-order valence-electron chi connectivity index (χ3n) is 3.20. The number of halogens is 2. The van der Waals surface area contributed by atoms with Gasteiger partial charge in [-0.05, 0) is 12.8 Å². The lowest BCUT2D eigenvalue weighted by Crippen LogP contribution is -2.42. The van der Waals surface area contributed by atoms with E-state index in [1.807, 2.05) is 13.8 Å². The number of alkyl halides is 2. The number of nitrogens with one attached hydrogen (secondary N) is 1. The molecule has 1 fully saturated rings. The van der Waals surface area contributed by atoms with Gasteiger partial charge in [0.25, 0.3) is 0 Å². The highest BCUT2D eigenvalue weighted by Gasteiger charge is 2.50. The van der Waals surface area contributed by atoms with Gasteiger partial charge < -0.3 is 15.2 Å². The van der Waals surface area contributed by atoms with E-state index < -0.39 is 30.0 Å². The number of hydrogen-bond acceptors (Lipinski definition) is 4. The van der Waals surface area contributed by atoms with Crippen molar-refractivity contribution in [1.29, 1.82) is 0 Å². The third kappa shape index (κ3) is 3.61. The summed E-state index contributed by atoms with van der Waals surface area (Å²) in [6.45, 7) is 4.16. The molecule has 2 N–H and O–H groups in total. The molecular weight excluding hydrogens is 232 g/mol. The molecule has 100 valence electrons. The van der Waals surface area contributed by atoms with Crippen LogP contribution in [0.25, 0.3) is 0 Å². The monoisotopic (exact) mass is 251 g/mol. The SMILES string of the molecule is CCC(O)(CC)CNCC1CC(F)(F)C(=O)O1. The first-order chi connectivity index (χ1) is 7.83. The summed E-state index contributed by atoms with van der Waals surface area (Å²) in [7, 11) is 0. The zero-order chi connectivity index (χ0) is 13.1. The molecule has 0 saturated carbocycles. The molecule has 4 nitrogen and oxygen atoms in total. The van der Waals surface area contributed by atoms with Gasteiger partial charge in [0.05, 0.1) is 12.0 Å². The summed E-state index contributed by atoms with van der Waals surface area (Å²) in [5.74, 6) is -4.82. The molecule has 0 bridgehead atoms. The second-order valence-corrected chi connectivity index (χ2v) is 4.50. The van der Waals surface area contributed by atoms with Gasteiger partial charge in [0, 0.05) is 13.1 Å². The summed E-state index contributed by atoms with van der Waals surface area (Å²) in [5, 5.41) is 12.8. The summed E-state index contributed by atoms with van der Waals surface area (Å²) < 4.78 is 30.2. The molecule has 0 radical (unpaired) electrons. The van der Waals surface area contributed by atoms with Crippen molar-refractivity contribution in [2.24, 2.45) is 0 Å². The van der Waals surface area contributed by atoms with E-state index in [4.69, 9.17) is 0 Å². The normalized spacial score (nSPS) is 23.8. The van der Waals surface area contributed by atoms with E-state index in [0.29, 0.717) is 19.4 Å². The van der Waals surface area contributed by atoms with Gasteiger partial charge in [0.2, 0.25) is 0 Å². The molecule has 0 amide bonds. The third-order valence-corrected chi connectivity index (χ3v) is 3.20. The van der Waals surface area contributed by atoms with Gasteiger partial charge in [-0.1, -0.05) is 13.8 Å². The number of aliphatic hydroxyl groups is 1. The smallest absolute Gasteiger partial charge is 0.377 e. The topological polar surface area (TPSA) is 58.6 Å². The lowest BCUT2D eigenvalue weighted by molar-refractivity contribution is -0.159. The molecule has 17 heavy (non-hydrogen) atoms. The summed E-state index contributed by atoms with van der Waals surface area (Å²) >= 11 is 0. The van der Waals surface area contributed by atoms with Crippen LogP contribution in [-0.2, 0) is 9.53 Å². The molecule has 1 saturated heterocycles. The number of carbonyl (C=O) groups excluding carboxylic acids is 1. The molecule has 0 aromatic rings. The van der Waals surface area contributed by atoms with Crippen LogP contribution in [0.5, 0.6) is 0 Å². The Morgan fingerprint density at radius 1 is 1.53 bits per heavy atom. The second-order valence-electron chi connectivity index (χ2n) is 4.50. The fourth-order valence-corrected chi connectivity index (χ4v) is 1.73. The van der Waals surface area contributed by atoms with Crippen LogP contribution < -0.4 is 5.32 Å². The Bertz CT molecular complexity index is 280. The van der Waals surface area contributed by atoms with Crippen LogP contribution in [-0.4, -0.2) is 41.8 Å². The van der Waals surface area contributed by atoms with Crippen molar-refractivity contribution in [3.63, 3.8) is 0 Å². The Morgan fingerprint density at radius 2 is 2.12 bits per heavy atom. The predicted molar refractivity (Wildman–Crippen MR) is 57.8 cm³/mol. The molecule has 0 aromatic heterocycles. The lowest BCUT2D eigenvalue weighted by atomic mass is 9.97. The van der Waals surface area contributed by atoms with Gasteiger partial charge in [-0.25, -0.2) is 4.79 Å². The van der Waals surface area contributed by atoms with Gasteiger partial charge >= 0.3 is 11.9 Å². The molecule has 1 aliphatic rings. The number of carbonyl (C=O) groups is 1. The fraction of sp³-hybridized carbons (Fsp3) is 0.909. The van der Waals surface area contributed by atoms with E-state index in [1.54, 1.807) is 0 Å². The van der Waals surface area contributed by atoms with Crippen molar-refractivity contribution in [3.05, 3.63) is 0 Å². The summed E-state index contributed by atoms with van der Waals surface area (Å²) in [4.78, 5) is 10.7. The van der Waals surface area contributed by atoms with Crippen LogP contribution in [0.1, 0.15) is 33.1 Å². The zero-order valence-corrected chi connectivity index (χ0v) is 10.1. The van der Waals surface area contributed by atoms with E-state index >= 15 is 0 Å². The maximum Gasteiger partial charge on any atom is 0.377 e. The summed E-state index contributed by atoms with van der Waals surface area (Å²) in [6, 6.07) is 0. The first-order valence-electron chi connectivity index (χ1n) is 5.85. The van der Waals surface area contributed by atoms with Crippen LogP contribution in [0.15, 0.2) is 0 Å². The second kappa shape index (κ2) is 5.27. The van der Waals surface area contributed by atoms with Crippen LogP contribution in [0.2, 0.25) is 0 Å². The largest absolute Gasteiger partial charge is 0.456 e. The standard InChI is InChI=1S/C11H19F2NO3/c1-3-10(16,4-2)7-14-6-8-5-11(12,13)9(15)17-8/h8,14,16H,3-7H2,1-2H3. The van der Waals surface area contributed by atoms with Gasteiger partial charge in [-0.2, -0.15) is 8.78 Å². The number of esters is 1. The molecule has 6 heteroatoms. The minimum Gasteiger partial charge on any atom is -0.456 e. The molecule has 1 unspecified atom stereocenters. The van der Waals surface area contributed by atoms with Gasteiger partial charge in [-0.3, -0.25) is 0 Å². The molecule has 0 aromatic carbocycles. The van der Waals surface area contributed by atoms with E-state index in [9.17, 15) is 18.7 Å². The fourth-order valence-electron chi connectivity index (χ4n) is 1.73. The zero-order valence-electron chi connectivity index (χ0n) is 10.1. The minimum atomic E-state index is -3.36. The van der Waals surface area contributed by atoms with E-state index in [2.05, 4.69) is 10.1 Å². The van der Waals surface area contributed by atoms with Crippen LogP contribution in [0.3, 0.4) is 0 Å². The van der Waals surface area contributed by atoms with Crippen LogP contribution in [0, 0.1) is 0 Å². The van der Waals surface area contributed by atoms with Crippen molar-refractivity contribution < 1.29 is 23.4 Å². The van der Waals surface area contributed by atoms with Gasteiger partial charge in [-0.15, -0.1) is 0 Å². The first-order valence-corrected chi connectivity index (χ1v) is 5.85. The summed E-state index contributed by atoms with van der Waals surface area (Å²) in [6.07, 6.45) is -0.237. The highest BCUT2D eigenvalue weighted by atomic mass is 19.3. The number of rotatable bonds is 6. The lowest BCUT2D eigenvalue weighted by Gasteiger charge is -2.26. The average molecular weight is 251 g/mol. The maximum atomic E-state index is 12.8. The highest BCUT2D eigenvalue weighted by Crippen LogP contribution is 2.30. The quantitative estimate of drug-likeness (QED) is 0.693. The molecule has 1 atom stereocenters. The van der Waals surface area contributed by atoms with Crippen LogP contribution >= 0.6 is 0 Å². The van der Waals surface area contributed by atoms with Crippen molar-refractivity contribution in [2.75, 3.05) is 13.1 Å². The predicted octanol–water partition coefficient (Wildman–Crippen LogP) is 1.08. The van der Waals surface area contributed by atoms with Crippen molar-refractivity contribution >= 4 is 5.97 Å². The number of hydrogen-bond donors (Lipinski definition) is 2. The highest BCUT2D eigenvalue weighted by molar-refractivity contribution is 5.79. The Hall–Kier alpha value is -0.750. The van der Waals surface area contributed by atoms with Gasteiger partial charge in [0.15, 0.2) is 0 Å². The van der Waals surface area contributed by atoms with E-state index in [0.717, 1.165) is 0 Å². The van der Waals surface area contributed by atoms with E-state index in [-0.39, 0.29) is 6.54 Å². The van der Waals surface area contributed by atoms with Crippen molar-refractivity contribution in [1.82, 2.24) is 5.32 Å². The number of ether oxygens (including phenoxy) is 1. The first kappa shape index (κ1) is 14.3. The Morgan fingerprint density at radius 3 is 2.53 bits per heavy atom. The van der Waals surface area contributed by atoms with Gasteiger partial charge in [0.1, 0.15) is 6.10 Å².